The Morgan fingerprint density at radius 3 is 0.808 bits per heavy atom. The highest BCUT2D eigenvalue weighted by Crippen LogP contribution is 2.33. The van der Waals surface area contributed by atoms with E-state index in [9.17, 15) is 59.9 Å². The van der Waals surface area contributed by atoms with E-state index in [-0.39, 0.29) is 93.0 Å². The summed E-state index contributed by atoms with van der Waals surface area (Å²) in [5, 5.41) is 84.0. The number of aromatic hydroxyl groups is 3. The molecule has 120 heavy (non-hydrogen) atoms. The number of benzene rings is 3. The molecule has 6 atom stereocenters. The van der Waals surface area contributed by atoms with E-state index in [2.05, 4.69) is 128 Å². The number of hydrogen-bond acceptors (Lipinski definition) is 18. The fraction of sp³-hybridized carbons (Fsp3) is 0.594. The molecule has 0 bridgehead atoms. The van der Waals surface area contributed by atoms with Gasteiger partial charge in [0, 0.05) is 92.8 Å². The van der Waals surface area contributed by atoms with Gasteiger partial charge in [0.1, 0.15) is 34.9 Å². The van der Waals surface area contributed by atoms with E-state index >= 15 is 0 Å². The van der Waals surface area contributed by atoms with Crippen LogP contribution in [0.15, 0.2) is 118 Å². The summed E-state index contributed by atoms with van der Waals surface area (Å²) in [6.45, 7) is 39.9. The fourth-order valence-electron chi connectivity index (χ4n) is 14.9. The van der Waals surface area contributed by atoms with E-state index in [0.717, 1.165) is 169 Å². The molecule has 654 valence electrons. The van der Waals surface area contributed by atoms with Crippen LogP contribution in [-0.2, 0) is 20.1 Å². The van der Waals surface area contributed by atoms with Crippen LogP contribution in [0.2, 0.25) is 0 Å². The van der Waals surface area contributed by atoms with Gasteiger partial charge in [-0.3, -0.25) is 42.5 Å². The van der Waals surface area contributed by atoms with Crippen LogP contribution in [0.4, 0.5) is 34.1 Å². The molecule has 3 heterocycles. The van der Waals surface area contributed by atoms with Crippen molar-refractivity contribution in [3.8, 4) is 35.8 Å². The summed E-state index contributed by atoms with van der Waals surface area (Å²) < 4.78 is 3.24. The van der Waals surface area contributed by atoms with Crippen molar-refractivity contribution in [3.63, 3.8) is 0 Å². The second-order valence-corrected chi connectivity index (χ2v) is 32.1. The van der Waals surface area contributed by atoms with E-state index in [4.69, 9.17) is 0 Å². The zero-order valence-electron chi connectivity index (χ0n) is 75.7. The summed E-state index contributed by atoms with van der Waals surface area (Å²) in [5.41, 5.74) is 2.61. The van der Waals surface area contributed by atoms with Gasteiger partial charge in [0.2, 0.25) is 17.6 Å². The predicted octanol–water partition coefficient (Wildman–Crippen LogP) is 24.0. The van der Waals surface area contributed by atoms with Crippen molar-refractivity contribution >= 4 is 51.8 Å². The van der Waals surface area contributed by atoms with Crippen LogP contribution < -0.4 is 16.7 Å². The normalized spacial score (nSPS) is 12.8. The Morgan fingerprint density at radius 2 is 0.583 bits per heavy atom. The zero-order chi connectivity index (χ0) is 89.0. The monoisotopic (exact) mass is 1650 g/mol. The fourth-order valence-corrected chi connectivity index (χ4v) is 14.9. The molecule has 3 aromatic heterocycles. The quantitative estimate of drug-likeness (QED) is 0.0300. The molecule has 6 aromatic rings. The van der Waals surface area contributed by atoms with Crippen LogP contribution in [-0.4, -0.2) is 101 Å². The van der Waals surface area contributed by atoms with Gasteiger partial charge in [-0.1, -0.05) is 206 Å². The number of nitriles is 3. The molecule has 3 aromatic carbocycles. The number of amides is 3. The van der Waals surface area contributed by atoms with Crippen molar-refractivity contribution < 1.29 is 29.7 Å². The second kappa shape index (κ2) is 54.7. The first-order valence-corrected chi connectivity index (χ1v) is 44.7. The van der Waals surface area contributed by atoms with Gasteiger partial charge < -0.3 is 30.0 Å². The molecule has 0 aliphatic heterocycles. The minimum absolute atomic E-state index is 0.00470. The van der Waals surface area contributed by atoms with Gasteiger partial charge >= 0.3 is 0 Å². The highest BCUT2D eigenvalue weighted by Gasteiger charge is 2.28. The predicted molar refractivity (Wildman–Crippen MR) is 482 cm³/mol. The minimum atomic E-state index is -0.544. The zero-order valence-corrected chi connectivity index (χ0v) is 75.7. The molecule has 0 saturated carbocycles. The van der Waals surface area contributed by atoms with Crippen LogP contribution in [0.3, 0.4) is 0 Å². The van der Waals surface area contributed by atoms with Crippen molar-refractivity contribution in [3.05, 3.63) is 154 Å². The number of pyridine rings is 3. The molecular weight excluding hydrogens is 1510 g/mol. The second-order valence-electron chi connectivity index (χ2n) is 32.1. The summed E-state index contributed by atoms with van der Waals surface area (Å²) in [4.78, 5) is 85.6. The average Bonchev–Trinajstić information content (AvgIpc) is 0.793. The lowest BCUT2D eigenvalue weighted by Gasteiger charge is -2.31. The summed E-state index contributed by atoms with van der Waals surface area (Å²) in [6, 6.07) is 26.7. The van der Waals surface area contributed by atoms with Crippen molar-refractivity contribution in [2.45, 2.75) is 291 Å². The minimum Gasteiger partial charge on any atom is -0.493 e. The van der Waals surface area contributed by atoms with Crippen LogP contribution in [0.5, 0.6) is 17.6 Å². The number of nitrogens with zero attached hydrogens (tertiary/aromatic N) is 15. The molecule has 24 nitrogen and oxygen atoms in total. The van der Waals surface area contributed by atoms with E-state index in [0.29, 0.717) is 75.7 Å². The van der Waals surface area contributed by atoms with E-state index < -0.39 is 22.6 Å². The first-order chi connectivity index (χ1) is 57.7. The van der Waals surface area contributed by atoms with Crippen molar-refractivity contribution in [1.82, 2.24) is 28.4 Å². The van der Waals surface area contributed by atoms with Crippen LogP contribution in [0.1, 0.15) is 322 Å². The maximum absolute atomic E-state index is 13.8. The smallest absolute Gasteiger partial charge is 0.281 e. The summed E-state index contributed by atoms with van der Waals surface area (Å²) in [7, 11) is 1.37. The maximum atomic E-state index is 13.8. The Labute approximate surface area is 715 Å². The Hall–Kier alpha value is -10.4. The summed E-state index contributed by atoms with van der Waals surface area (Å²) >= 11 is 0. The van der Waals surface area contributed by atoms with Crippen LogP contribution in [0, 0.1) is 90.3 Å². The van der Waals surface area contributed by atoms with Gasteiger partial charge in [-0.2, -0.15) is 31.1 Å². The standard InChI is InChI=1S/C33H49N5O3.C32H47N5O3.C31H45N5O3/c1-7-12-14-25(10-4)22-37(23-26(11-5)15-13-8-2)31(39)27-16-18-28(19-17-27)35-36-30-24(6)29(21-34)32(40)38(20-9-3)33(30)41;1-7-12-14-24(9-3)21-36(22-25(10-4)15-13-8-2)30(38)26-16-18-27(19-17-26)34-35-29-23(6)28(20-33)31(39)37(11-5)32(29)40;1-7-11-13-23(9-3)20-36(21-24(10-4)14-12-8-2)29(37)25-15-17-26(18-16-25)33-34-28-22(5)27(19-32)30(38)35(6)31(28)39/h16-19,25-26,40H,7-15,20,22-23H2,1-6H3;16-19,24-25,39H,7-15,21-22H2,1-6H3;15-18,23-24,38H,7-14,20-21H2,1-6H3. The molecule has 0 aliphatic rings. The lowest BCUT2D eigenvalue weighted by atomic mass is 9.95. The summed E-state index contributed by atoms with van der Waals surface area (Å²) in [5.74, 6) is 1.91. The van der Waals surface area contributed by atoms with Gasteiger partial charge in [0.25, 0.3) is 34.4 Å². The largest absolute Gasteiger partial charge is 0.493 e. The van der Waals surface area contributed by atoms with E-state index in [1.807, 2.05) is 25.1 Å². The third kappa shape index (κ3) is 30.1. The molecule has 0 fully saturated rings. The Balaban J connectivity index is 0.000000378. The number of rotatable bonds is 48. The van der Waals surface area contributed by atoms with Crippen molar-refractivity contribution in [2.24, 2.45) is 73.2 Å². The first-order valence-electron chi connectivity index (χ1n) is 44.7. The number of azo groups is 3. The Morgan fingerprint density at radius 1 is 0.350 bits per heavy atom. The Kier molecular flexibility index (Phi) is 46.5. The molecular formula is C96H141N15O9. The van der Waals surface area contributed by atoms with Gasteiger partial charge in [0.05, 0.1) is 17.1 Å². The molecule has 0 spiro atoms. The molecule has 6 unspecified atom stereocenters. The number of carbonyl (C=O) groups excluding carboxylic acids is 3. The number of aromatic nitrogens is 3. The number of carbonyl (C=O) groups is 3. The first kappa shape index (κ1) is 102. The van der Waals surface area contributed by atoms with E-state index in [1.165, 1.54) is 45.6 Å². The number of hydrogen-bond donors (Lipinski definition) is 3. The highest BCUT2D eigenvalue weighted by molar-refractivity contribution is 5.96. The third-order valence-corrected chi connectivity index (χ3v) is 23.3. The van der Waals surface area contributed by atoms with E-state index in [1.54, 1.807) is 100 Å². The molecule has 6 rings (SSSR count). The Bertz CT molecular complexity index is 4540. The summed E-state index contributed by atoms with van der Waals surface area (Å²) in [6.07, 6.45) is 27.7. The lowest BCUT2D eigenvalue weighted by Crippen LogP contribution is -2.39. The van der Waals surface area contributed by atoms with Crippen molar-refractivity contribution in [2.75, 3.05) is 39.3 Å². The average molecular weight is 1650 g/mol. The van der Waals surface area contributed by atoms with Crippen molar-refractivity contribution in [1.29, 1.82) is 15.8 Å². The molecule has 3 N–H and O–H groups in total. The third-order valence-electron chi connectivity index (χ3n) is 23.3. The lowest BCUT2D eigenvalue weighted by molar-refractivity contribution is 0.0678. The van der Waals surface area contributed by atoms with Gasteiger partial charge in [0.15, 0.2) is 17.1 Å². The topological polar surface area (TPSA) is 333 Å². The SMILES string of the molecule is CCCCC(CC)CN(CC(CC)CCCC)C(=O)c1ccc(N=Nc2c(C)c(C#N)c(O)n(C)c2=O)cc1.CCCCC(CC)CN(CC(CC)CCCC)C(=O)c1ccc(N=Nc2c(C)c(C#N)c(O)n(CC)c2=O)cc1.CCCCC(CC)CN(CC(CC)CCCC)C(=O)c1ccc(N=Nc2c(C)c(C#N)c(O)n(CCC)c2=O)cc1. The molecule has 0 aliphatic carbocycles. The molecule has 0 radical (unpaired) electrons. The van der Waals surface area contributed by atoms with Crippen LogP contribution >= 0.6 is 0 Å². The maximum Gasteiger partial charge on any atom is 0.281 e. The van der Waals surface area contributed by atoms with Gasteiger partial charge in [-0.25, -0.2) is 0 Å². The highest BCUT2D eigenvalue weighted by atomic mass is 16.3. The van der Waals surface area contributed by atoms with Gasteiger partial charge in [-0.15, -0.1) is 15.3 Å². The molecule has 24 heteroatoms. The van der Waals surface area contributed by atoms with Crippen LogP contribution in [0.25, 0.3) is 0 Å². The number of unbranched alkanes of at least 4 members (excludes halogenated alkanes) is 6. The van der Waals surface area contributed by atoms with Gasteiger partial charge in [-0.05, 0) is 181 Å². The molecule has 0 saturated heterocycles. The molecule has 3 amide bonds.